The number of nitrogens with zero attached hydrogens (tertiary/aromatic N) is 5. The molecule has 0 saturated carbocycles. The second-order valence-corrected chi connectivity index (χ2v) is 6.23. The number of rotatable bonds is 3. The number of benzene rings is 1. The maximum atomic E-state index is 9.81. The van der Waals surface area contributed by atoms with E-state index in [4.69, 9.17) is 4.98 Å². The molecular weight excluding hydrogens is 314 g/mol. The second-order valence-electron chi connectivity index (χ2n) is 6.23. The number of fused-ring (bicyclic) bond motifs is 1. The van der Waals surface area contributed by atoms with E-state index in [0.717, 1.165) is 60.7 Å². The van der Waals surface area contributed by atoms with Crippen LogP contribution in [0.1, 0.15) is 12.0 Å². The van der Waals surface area contributed by atoms with Crippen LogP contribution in [-0.4, -0.2) is 46.5 Å². The molecule has 2 aromatic heterocycles. The van der Waals surface area contributed by atoms with E-state index in [-0.39, 0.29) is 6.61 Å². The number of hydrogen-bond donors (Lipinski definition) is 1. The van der Waals surface area contributed by atoms with Crippen molar-refractivity contribution in [3.05, 3.63) is 54.2 Å². The minimum absolute atomic E-state index is 0.00244. The third kappa shape index (κ3) is 3.25. The van der Waals surface area contributed by atoms with E-state index in [1.165, 1.54) is 0 Å². The molecule has 1 saturated heterocycles. The molecule has 1 aliphatic heterocycles. The molecule has 6 nitrogen and oxygen atoms in total. The SMILES string of the molecule is OCc1cc2ccccc2nc1N1CCCN(c2cccnn2)CC1. The zero-order valence-electron chi connectivity index (χ0n) is 14.0. The maximum absolute atomic E-state index is 9.81. The quantitative estimate of drug-likeness (QED) is 0.792. The lowest BCUT2D eigenvalue weighted by molar-refractivity contribution is 0.282. The Bertz CT molecular complexity index is 855. The molecule has 0 atom stereocenters. The predicted molar refractivity (Wildman–Crippen MR) is 98.7 cm³/mol. The molecule has 128 valence electrons. The molecule has 0 bridgehead atoms. The molecule has 6 heteroatoms. The topological polar surface area (TPSA) is 65.4 Å². The van der Waals surface area contributed by atoms with Crippen LogP contribution in [0.3, 0.4) is 0 Å². The summed E-state index contributed by atoms with van der Waals surface area (Å²) in [5.41, 5.74) is 1.84. The van der Waals surface area contributed by atoms with Gasteiger partial charge >= 0.3 is 0 Å². The van der Waals surface area contributed by atoms with Gasteiger partial charge in [-0.05, 0) is 30.7 Å². The highest BCUT2D eigenvalue weighted by molar-refractivity contribution is 5.81. The van der Waals surface area contributed by atoms with Crippen molar-refractivity contribution in [2.24, 2.45) is 0 Å². The fraction of sp³-hybridized carbons (Fsp3) is 0.316. The Morgan fingerprint density at radius 2 is 1.80 bits per heavy atom. The Morgan fingerprint density at radius 1 is 0.960 bits per heavy atom. The minimum Gasteiger partial charge on any atom is -0.392 e. The molecule has 3 aromatic rings. The van der Waals surface area contributed by atoms with Gasteiger partial charge in [0.05, 0.1) is 12.1 Å². The number of aromatic nitrogens is 3. The van der Waals surface area contributed by atoms with Gasteiger partial charge in [-0.3, -0.25) is 0 Å². The molecule has 1 fully saturated rings. The first-order valence-corrected chi connectivity index (χ1v) is 8.62. The van der Waals surface area contributed by atoms with Gasteiger partial charge in [0.2, 0.25) is 0 Å². The number of anilines is 2. The van der Waals surface area contributed by atoms with E-state index in [1.807, 2.05) is 42.5 Å². The van der Waals surface area contributed by atoms with Crippen LogP contribution in [0.4, 0.5) is 11.6 Å². The highest BCUT2D eigenvalue weighted by atomic mass is 16.3. The van der Waals surface area contributed by atoms with E-state index in [9.17, 15) is 5.11 Å². The molecule has 1 aromatic carbocycles. The number of para-hydroxylation sites is 1. The van der Waals surface area contributed by atoms with Crippen LogP contribution in [0.5, 0.6) is 0 Å². The molecule has 0 spiro atoms. The standard InChI is InChI=1S/C19H21N5O/c25-14-16-13-15-5-1-2-6-17(15)21-19(16)24-10-4-9-23(11-12-24)18-7-3-8-20-22-18/h1-3,5-8,13,25H,4,9-12,14H2. The first kappa shape index (κ1) is 15.8. The van der Waals surface area contributed by atoms with Crippen molar-refractivity contribution in [3.8, 4) is 0 Å². The number of pyridine rings is 1. The Hall–Kier alpha value is -2.73. The fourth-order valence-electron chi connectivity index (χ4n) is 3.36. The Kier molecular flexibility index (Phi) is 4.43. The summed E-state index contributed by atoms with van der Waals surface area (Å²) in [4.78, 5) is 9.36. The zero-order valence-corrected chi connectivity index (χ0v) is 14.0. The van der Waals surface area contributed by atoms with Crippen molar-refractivity contribution in [1.82, 2.24) is 15.2 Å². The molecule has 1 aliphatic rings. The average molecular weight is 335 g/mol. The van der Waals surface area contributed by atoms with Gasteiger partial charge in [0, 0.05) is 43.3 Å². The second kappa shape index (κ2) is 7.03. The van der Waals surface area contributed by atoms with Gasteiger partial charge < -0.3 is 14.9 Å². The molecule has 1 N–H and O–H groups in total. The first-order valence-electron chi connectivity index (χ1n) is 8.62. The summed E-state index contributed by atoms with van der Waals surface area (Å²) in [6, 6.07) is 14.0. The molecule has 0 radical (unpaired) electrons. The fourth-order valence-corrected chi connectivity index (χ4v) is 3.36. The summed E-state index contributed by atoms with van der Waals surface area (Å²) in [6.07, 6.45) is 2.70. The van der Waals surface area contributed by atoms with Gasteiger partial charge in [-0.1, -0.05) is 18.2 Å². The normalized spacial score (nSPS) is 15.4. The molecule has 0 amide bonds. The average Bonchev–Trinajstić information content (AvgIpc) is 2.94. The van der Waals surface area contributed by atoms with Crippen molar-refractivity contribution >= 4 is 22.5 Å². The largest absolute Gasteiger partial charge is 0.392 e. The molecule has 0 aliphatic carbocycles. The van der Waals surface area contributed by atoms with Crippen molar-refractivity contribution in [2.75, 3.05) is 36.0 Å². The lowest BCUT2D eigenvalue weighted by atomic mass is 10.1. The van der Waals surface area contributed by atoms with Gasteiger partial charge in [-0.2, -0.15) is 5.10 Å². The Morgan fingerprint density at radius 3 is 2.64 bits per heavy atom. The van der Waals surface area contributed by atoms with E-state index >= 15 is 0 Å². The molecule has 0 unspecified atom stereocenters. The Labute approximate surface area is 146 Å². The van der Waals surface area contributed by atoms with Crippen LogP contribution in [0.25, 0.3) is 10.9 Å². The number of aliphatic hydroxyl groups excluding tert-OH is 1. The van der Waals surface area contributed by atoms with Crippen LogP contribution in [0.2, 0.25) is 0 Å². The number of aliphatic hydroxyl groups is 1. The molecule has 25 heavy (non-hydrogen) atoms. The van der Waals surface area contributed by atoms with E-state index in [2.05, 4.69) is 20.0 Å². The van der Waals surface area contributed by atoms with Crippen LogP contribution < -0.4 is 9.80 Å². The van der Waals surface area contributed by atoms with E-state index in [1.54, 1.807) is 6.20 Å². The summed E-state index contributed by atoms with van der Waals surface area (Å²) >= 11 is 0. The zero-order chi connectivity index (χ0) is 17.1. The first-order chi connectivity index (χ1) is 12.3. The van der Waals surface area contributed by atoms with Crippen molar-refractivity contribution in [3.63, 3.8) is 0 Å². The Balaban J connectivity index is 1.61. The van der Waals surface area contributed by atoms with E-state index < -0.39 is 0 Å². The predicted octanol–water partition coefficient (Wildman–Crippen LogP) is 2.23. The summed E-state index contributed by atoms with van der Waals surface area (Å²) in [5.74, 6) is 1.81. The van der Waals surface area contributed by atoms with Gasteiger partial charge in [0.15, 0.2) is 5.82 Å². The van der Waals surface area contributed by atoms with E-state index in [0.29, 0.717) is 0 Å². The summed E-state index contributed by atoms with van der Waals surface area (Å²) < 4.78 is 0. The third-order valence-electron chi connectivity index (χ3n) is 4.63. The summed E-state index contributed by atoms with van der Waals surface area (Å²) in [5, 5.41) is 19.1. The van der Waals surface area contributed by atoms with Crippen LogP contribution >= 0.6 is 0 Å². The highest BCUT2D eigenvalue weighted by Gasteiger charge is 2.19. The third-order valence-corrected chi connectivity index (χ3v) is 4.63. The summed E-state index contributed by atoms with van der Waals surface area (Å²) in [6.45, 7) is 3.55. The smallest absolute Gasteiger partial charge is 0.151 e. The molecule has 3 heterocycles. The van der Waals surface area contributed by atoms with Crippen LogP contribution in [0, 0.1) is 0 Å². The molecular formula is C19H21N5O. The summed E-state index contributed by atoms with van der Waals surface area (Å²) in [7, 11) is 0. The number of hydrogen-bond acceptors (Lipinski definition) is 6. The van der Waals surface area contributed by atoms with Gasteiger partial charge in [0.25, 0.3) is 0 Å². The monoisotopic (exact) mass is 335 g/mol. The van der Waals surface area contributed by atoms with Crippen molar-refractivity contribution < 1.29 is 5.11 Å². The van der Waals surface area contributed by atoms with Crippen LogP contribution in [0.15, 0.2) is 48.7 Å². The van der Waals surface area contributed by atoms with Crippen LogP contribution in [-0.2, 0) is 6.61 Å². The lowest BCUT2D eigenvalue weighted by Gasteiger charge is -2.25. The molecule has 4 rings (SSSR count). The van der Waals surface area contributed by atoms with Crippen molar-refractivity contribution in [1.29, 1.82) is 0 Å². The maximum Gasteiger partial charge on any atom is 0.151 e. The highest BCUT2D eigenvalue weighted by Crippen LogP contribution is 2.25. The van der Waals surface area contributed by atoms with Crippen molar-refractivity contribution in [2.45, 2.75) is 13.0 Å². The lowest BCUT2D eigenvalue weighted by Crippen LogP contribution is -2.32. The van der Waals surface area contributed by atoms with Gasteiger partial charge in [-0.15, -0.1) is 5.10 Å². The van der Waals surface area contributed by atoms with Gasteiger partial charge in [-0.25, -0.2) is 4.98 Å². The minimum atomic E-state index is -0.00244. The van der Waals surface area contributed by atoms with Gasteiger partial charge in [0.1, 0.15) is 5.82 Å².